The average molecular weight is 287 g/mol. The number of benzene rings is 1. The molecule has 2 aromatic rings. The van der Waals surface area contributed by atoms with Crippen molar-refractivity contribution in [3.8, 4) is 5.75 Å². The quantitative estimate of drug-likeness (QED) is 0.732. The van der Waals surface area contributed by atoms with Crippen LogP contribution in [0.3, 0.4) is 0 Å². The summed E-state index contributed by atoms with van der Waals surface area (Å²) in [7, 11) is 0. The maximum atomic E-state index is 12.2. The third-order valence-corrected chi connectivity index (χ3v) is 3.67. The van der Waals surface area contributed by atoms with E-state index < -0.39 is 0 Å². The zero-order valence-corrected chi connectivity index (χ0v) is 11.9. The zero-order chi connectivity index (χ0) is 15.0. The van der Waals surface area contributed by atoms with E-state index in [9.17, 15) is 9.90 Å². The Morgan fingerprint density at radius 3 is 2.81 bits per heavy atom. The summed E-state index contributed by atoms with van der Waals surface area (Å²) in [6, 6.07) is 3.64. The Morgan fingerprint density at radius 2 is 2.14 bits per heavy atom. The van der Waals surface area contributed by atoms with Crippen LogP contribution in [0.2, 0.25) is 0 Å². The van der Waals surface area contributed by atoms with Gasteiger partial charge in [-0.2, -0.15) is 0 Å². The van der Waals surface area contributed by atoms with Gasteiger partial charge in [-0.1, -0.05) is 5.21 Å². The molecule has 1 amide bonds. The van der Waals surface area contributed by atoms with Crippen molar-refractivity contribution in [1.29, 1.82) is 0 Å². The zero-order valence-electron chi connectivity index (χ0n) is 11.9. The van der Waals surface area contributed by atoms with Crippen molar-refractivity contribution in [1.82, 2.24) is 20.3 Å². The lowest BCUT2D eigenvalue weighted by Gasteiger charge is -2.26. The third-order valence-electron chi connectivity index (χ3n) is 3.67. The van der Waals surface area contributed by atoms with E-state index in [1.54, 1.807) is 29.9 Å². The Kier molecular flexibility index (Phi) is 3.34. The molecule has 110 valence electrons. The van der Waals surface area contributed by atoms with E-state index in [4.69, 9.17) is 0 Å². The second kappa shape index (κ2) is 5.17. The smallest absolute Gasteiger partial charge is 0.277 e. The summed E-state index contributed by atoms with van der Waals surface area (Å²) in [5, 5.41) is 23.5. The van der Waals surface area contributed by atoms with Crippen molar-refractivity contribution in [2.75, 3.05) is 18.4 Å². The highest BCUT2D eigenvalue weighted by molar-refractivity contribution is 6.03. The SMILES string of the molecule is Cc1cc(NC(=O)c2cn(C3CNC3)nn2)c(C)cc1O. The third kappa shape index (κ3) is 2.59. The molecule has 1 aliphatic heterocycles. The molecule has 7 heteroatoms. The number of carbonyl (C=O) groups is 1. The van der Waals surface area contributed by atoms with Gasteiger partial charge in [-0.15, -0.1) is 5.10 Å². The number of amides is 1. The first kappa shape index (κ1) is 13.6. The van der Waals surface area contributed by atoms with Gasteiger partial charge in [0, 0.05) is 18.8 Å². The number of aromatic hydroxyl groups is 1. The minimum Gasteiger partial charge on any atom is -0.508 e. The molecule has 1 saturated heterocycles. The molecule has 0 spiro atoms. The summed E-state index contributed by atoms with van der Waals surface area (Å²) in [6.45, 7) is 5.30. The van der Waals surface area contributed by atoms with Crippen molar-refractivity contribution in [2.24, 2.45) is 0 Å². The molecular weight excluding hydrogens is 270 g/mol. The predicted molar refractivity (Wildman–Crippen MR) is 77.5 cm³/mol. The largest absolute Gasteiger partial charge is 0.508 e. The van der Waals surface area contributed by atoms with Crippen LogP contribution in [-0.4, -0.2) is 39.1 Å². The molecule has 2 heterocycles. The summed E-state index contributed by atoms with van der Waals surface area (Å²) < 4.78 is 1.71. The van der Waals surface area contributed by atoms with Gasteiger partial charge in [0.1, 0.15) is 5.75 Å². The number of nitrogens with zero attached hydrogens (tertiary/aromatic N) is 3. The summed E-state index contributed by atoms with van der Waals surface area (Å²) in [6.07, 6.45) is 1.66. The van der Waals surface area contributed by atoms with Crippen LogP contribution in [0.25, 0.3) is 0 Å². The molecule has 1 aromatic heterocycles. The molecule has 0 radical (unpaired) electrons. The topological polar surface area (TPSA) is 92.1 Å². The minimum atomic E-state index is -0.304. The number of phenols is 1. The molecule has 1 aromatic carbocycles. The lowest BCUT2D eigenvalue weighted by atomic mass is 10.1. The van der Waals surface area contributed by atoms with Gasteiger partial charge in [0.15, 0.2) is 5.69 Å². The van der Waals surface area contributed by atoms with Crippen molar-refractivity contribution >= 4 is 11.6 Å². The van der Waals surface area contributed by atoms with E-state index in [1.807, 2.05) is 6.92 Å². The van der Waals surface area contributed by atoms with Crippen LogP contribution in [0.1, 0.15) is 27.7 Å². The lowest BCUT2D eigenvalue weighted by molar-refractivity contribution is 0.102. The van der Waals surface area contributed by atoms with Crippen LogP contribution in [0.5, 0.6) is 5.75 Å². The van der Waals surface area contributed by atoms with Gasteiger partial charge in [0.25, 0.3) is 5.91 Å². The molecule has 21 heavy (non-hydrogen) atoms. The highest BCUT2D eigenvalue weighted by Crippen LogP contribution is 2.25. The van der Waals surface area contributed by atoms with Crippen LogP contribution in [0.15, 0.2) is 18.3 Å². The highest BCUT2D eigenvalue weighted by atomic mass is 16.3. The van der Waals surface area contributed by atoms with E-state index >= 15 is 0 Å². The first-order valence-corrected chi connectivity index (χ1v) is 6.78. The van der Waals surface area contributed by atoms with E-state index in [0.717, 1.165) is 18.7 Å². The Labute approximate surface area is 122 Å². The fourth-order valence-corrected chi connectivity index (χ4v) is 2.14. The monoisotopic (exact) mass is 287 g/mol. The van der Waals surface area contributed by atoms with Gasteiger partial charge < -0.3 is 15.7 Å². The maximum absolute atomic E-state index is 12.2. The van der Waals surface area contributed by atoms with E-state index in [2.05, 4.69) is 20.9 Å². The fourth-order valence-electron chi connectivity index (χ4n) is 2.14. The van der Waals surface area contributed by atoms with E-state index in [-0.39, 0.29) is 23.4 Å². The molecule has 3 rings (SSSR count). The van der Waals surface area contributed by atoms with Gasteiger partial charge >= 0.3 is 0 Å². The first-order chi connectivity index (χ1) is 10.0. The molecular formula is C14H17N5O2. The van der Waals surface area contributed by atoms with Gasteiger partial charge in [-0.25, -0.2) is 4.68 Å². The standard InChI is InChI=1S/C14H17N5O2/c1-8-4-13(20)9(2)3-11(8)16-14(21)12-7-19(18-17-12)10-5-15-6-10/h3-4,7,10,15,20H,5-6H2,1-2H3,(H,16,21). The molecule has 0 bridgehead atoms. The number of aryl methyl sites for hydroxylation is 2. The number of rotatable bonds is 3. The average Bonchev–Trinajstić information content (AvgIpc) is 2.83. The Bertz CT molecular complexity index is 691. The molecule has 0 aliphatic carbocycles. The van der Waals surface area contributed by atoms with E-state index in [1.165, 1.54) is 0 Å². The highest BCUT2D eigenvalue weighted by Gasteiger charge is 2.21. The minimum absolute atomic E-state index is 0.217. The number of carbonyl (C=O) groups excluding carboxylic acids is 1. The summed E-state index contributed by atoms with van der Waals surface area (Å²) in [5.41, 5.74) is 2.45. The number of nitrogens with one attached hydrogen (secondary N) is 2. The van der Waals surface area contributed by atoms with Crippen LogP contribution < -0.4 is 10.6 Å². The predicted octanol–water partition coefficient (Wildman–Crippen LogP) is 0.997. The maximum Gasteiger partial charge on any atom is 0.277 e. The van der Waals surface area contributed by atoms with Crippen molar-refractivity contribution in [3.63, 3.8) is 0 Å². The van der Waals surface area contributed by atoms with Crippen LogP contribution in [0.4, 0.5) is 5.69 Å². The van der Waals surface area contributed by atoms with Gasteiger partial charge in [-0.05, 0) is 37.1 Å². The molecule has 3 N–H and O–H groups in total. The normalized spacial score (nSPS) is 14.8. The van der Waals surface area contributed by atoms with E-state index in [0.29, 0.717) is 11.3 Å². The summed E-state index contributed by atoms with van der Waals surface area (Å²) in [4.78, 5) is 12.2. The molecule has 7 nitrogen and oxygen atoms in total. The van der Waals surface area contributed by atoms with Gasteiger partial charge in [-0.3, -0.25) is 4.79 Å². The van der Waals surface area contributed by atoms with Crippen LogP contribution in [0, 0.1) is 13.8 Å². The number of hydrogen-bond donors (Lipinski definition) is 3. The first-order valence-electron chi connectivity index (χ1n) is 6.78. The fraction of sp³-hybridized carbons (Fsp3) is 0.357. The molecule has 1 aliphatic rings. The Hall–Kier alpha value is -2.41. The molecule has 0 atom stereocenters. The Balaban J connectivity index is 1.76. The second-order valence-electron chi connectivity index (χ2n) is 5.30. The second-order valence-corrected chi connectivity index (χ2v) is 5.30. The van der Waals surface area contributed by atoms with Crippen molar-refractivity contribution in [2.45, 2.75) is 19.9 Å². The van der Waals surface area contributed by atoms with Gasteiger partial charge in [0.2, 0.25) is 0 Å². The molecule has 0 unspecified atom stereocenters. The number of aromatic nitrogens is 3. The number of anilines is 1. The van der Waals surface area contributed by atoms with Crippen molar-refractivity contribution in [3.05, 3.63) is 35.2 Å². The Morgan fingerprint density at radius 1 is 1.38 bits per heavy atom. The molecule has 1 fully saturated rings. The summed E-state index contributed by atoms with van der Waals surface area (Å²) >= 11 is 0. The number of hydrogen-bond acceptors (Lipinski definition) is 5. The lowest BCUT2D eigenvalue weighted by Crippen LogP contribution is -2.43. The van der Waals surface area contributed by atoms with Crippen LogP contribution in [-0.2, 0) is 0 Å². The van der Waals surface area contributed by atoms with Crippen LogP contribution >= 0.6 is 0 Å². The number of phenolic OH excluding ortho intramolecular Hbond substituents is 1. The van der Waals surface area contributed by atoms with Crippen molar-refractivity contribution < 1.29 is 9.90 Å². The summed E-state index contributed by atoms with van der Waals surface area (Å²) in [5.74, 6) is -0.0874. The molecule has 0 saturated carbocycles. The van der Waals surface area contributed by atoms with Gasteiger partial charge in [0.05, 0.1) is 12.2 Å².